The molecule has 0 rings (SSSR count). The molecule has 0 aliphatic rings. The first-order chi connectivity index (χ1) is 9.45. The third-order valence-electron chi connectivity index (χ3n) is 2.67. The van der Waals surface area contributed by atoms with Crippen molar-refractivity contribution in [3.8, 4) is 0 Å². The number of carbonyl (C=O) groups is 3. The van der Waals surface area contributed by atoms with Crippen molar-refractivity contribution in [3.05, 3.63) is 12.7 Å². The molecule has 0 bridgehead atoms. The zero-order valence-corrected chi connectivity index (χ0v) is 12.4. The van der Waals surface area contributed by atoms with Crippen LogP contribution in [-0.4, -0.2) is 24.0 Å². The molecule has 0 aromatic carbocycles. The van der Waals surface area contributed by atoms with Gasteiger partial charge in [0.25, 0.3) is 0 Å². The summed E-state index contributed by atoms with van der Waals surface area (Å²) in [5.74, 6) is -1.74. The summed E-state index contributed by atoms with van der Waals surface area (Å²) in [5.41, 5.74) is 0. The molecule has 5 nitrogen and oxygen atoms in total. The van der Waals surface area contributed by atoms with Crippen molar-refractivity contribution >= 4 is 17.9 Å². The molecular formula is C15H24O5. The molecule has 0 saturated heterocycles. The Bertz CT molecular complexity index is 335. The molecule has 0 radical (unpaired) electrons. The molecule has 5 heteroatoms. The average Bonchev–Trinajstić information content (AvgIpc) is 2.31. The fraction of sp³-hybridized carbons (Fsp3) is 0.667. The highest BCUT2D eigenvalue weighted by Crippen LogP contribution is 2.13. The van der Waals surface area contributed by atoms with Crippen LogP contribution < -0.4 is 0 Å². The van der Waals surface area contributed by atoms with Gasteiger partial charge in [0.15, 0.2) is 0 Å². The van der Waals surface area contributed by atoms with Crippen molar-refractivity contribution in [1.82, 2.24) is 0 Å². The summed E-state index contributed by atoms with van der Waals surface area (Å²) in [6, 6.07) is 0. The van der Waals surface area contributed by atoms with Gasteiger partial charge in [-0.3, -0.25) is 14.4 Å². The fourth-order valence-corrected chi connectivity index (χ4v) is 1.84. The van der Waals surface area contributed by atoms with E-state index >= 15 is 0 Å². The Morgan fingerprint density at radius 1 is 1.05 bits per heavy atom. The highest BCUT2D eigenvalue weighted by molar-refractivity contribution is 5.84. The number of hydrogen-bond donors (Lipinski definition) is 0. The molecule has 0 aromatic rings. The van der Waals surface area contributed by atoms with Crippen LogP contribution in [0.3, 0.4) is 0 Å². The van der Waals surface area contributed by atoms with Crippen molar-refractivity contribution < 1.29 is 23.9 Å². The third kappa shape index (κ3) is 11.4. The maximum atomic E-state index is 11.4. The summed E-state index contributed by atoms with van der Waals surface area (Å²) in [4.78, 5) is 33.0. The molecule has 0 aromatic heterocycles. The van der Waals surface area contributed by atoms with Gasteiger partial charge < -0.3 is 9.47 Å². The van der Waals surface area contributed by atoms with Gasteiger partial charge in [0.2, 0.25) is 0 Å². The van der Waals surface area contributed by atoms with Gasteiger partial charge in [-0.05, 0) is 25.7 Å². The summed E-state index contributed by atoms with van der Waals surface area (Å²) in [6.07, 6.45) is 6.93. The average molecular weight is 284 g/mol. The highest BCUT2D eigenvalue weighted by Gasteiger charge is 2.18. The number of carbonyl (C=O) groups excluding carboxylic acids is 3. The van der Waals surface area contributed by atoms with E-state index in [4.69, 9.17) is 4.74 Å². The van der Waals surface area contributed by atoms with E-state index in [1.165, 1.54) is 13.8 Å². The molecule has 1 unspecified atom stereocenters. The minimum atomic E-state index is -0.657. The van der Waals surface area contributed by atoms with Gasteiger partial charge in [0.05, 0.1) is 6.42 Å². The van der Waals surface area contributed by atoms with Gasteiger partial charge >= 0.3 is 17.9 Å². The summed E-state index contributed by atoms with van der Waals surface area (Å²) in [6.45, 7) is 6.12. The molecular weight excluding hydrogens is 260 g/mol. The number of unbranched alkanes of at least 4 members (excludes halogenated alkanes) is 4. The minimum absolute atomic E-state index is 0.0776. The standard InChI is InChI=1S/C15H24O5/c1-4-5-6-7-8-9-10-14(19-12(2)16)11-15(18)20-13(3)17/h4,14H,1,5-11H2,2-3H3. The predicted molar refractivity (Wildman–Crippen MR) is 74.8 cm³/mol. The Kier molecular flexibility index (Phi) is 10.3. The fourth-order valence-electron chi connectivity index (χ4n) is 1.84. The van der Waals surface area contributed by atoms with Gasteiger partial charge in [0, 0.05) is 13.8 Å². The molecule has 0 spiro atoms. The summed E-state index contributed by atoms with van der Waals surface area (Å²) >= 11 is 0. The van der Waals surface area contributed by atoms with Crippen molar-refractivity contribution in [2.45, 2.75) is 64.9 Å². The maximum Gasteiger partial charge on any atom is 0.317 e. The summed E-state index contributed by atoms with van der Waals surface area (Å²) in [5, 5.41) is 0. The lowest BCUT2D eigenvalue weighted by Gasteiger charge is -2.15. The first-order valence-corrected chi connectivity index (χ1v) is 6.95. The topological polar surface area (TPSA) is 69.7 Å². The van der Waals surface area contributed by atoms with Crippen molar-refractivity contribution in [2.75, 3.05) is 0 Å². The van der Waals surface area contributed by atoms with E-state index in [2.05, 4.69) is 11.3 Å². The number of rotatable bonds is 10. The molecule has 0 aliphatic heterocycles. The number of allylic oxidation sites excluding steroid dienone is 1. The van der Waals surface area contributed by atoms with E-state index in [1.807, 2.05) is 6.08 Å². The molecule has 0 N–H and O–H groups in total. The van der Waals surface area contributed by atoms with Gasteiger partial charge in [-0.15, -0.1) is 6.58 Å². The lowest BCUT2D eigenvalue weighted by Crippen LogP contribution is -2.22. The van der Waals surface area contributed by atoms with Gasteiger partial charge in [0.1, 0.15) is 6.10 Å². The zero-order valence-electron chi connectivity index (χ0n) is 12.4. The van der Waals surface area contributed by atoms with Crippen LogP contribution in [0.1, 0.15) is 58.8 Å². The van der Waals surface area contributed by atoms with Crippen LogP contribution in [0.5, 0.6) is 0 Å². The van der Waals surface area contributed by atoms with E-state index in [0.29, 0.717) is 6.42 Å². The van der Waals surface area contributed by atoms with Crippen molar-refractivity contribution in [3.63, 3.8) is 0 Å². The molecule has 0 aliphatic carbocycles. The second-order valence-corrected chi connectivity index (χ2v) is 4.68. The minimum Gasteiger partial charge on any atom is -0.462 e. The molecule has 20 heavy (non-hydrogen) atoms. The largest absolute Gasteiger partial charge is 0.462 e. The van der Waals surface area contributed by atoms with Crippen LogP contribution in [0.2, 0.25) is 0 Å². The number of esters is 3. The Morgan fingerprint density at radius 3 is 2.25 bits per heavy atom. The van der Waals surface area contributed by atoms with E-state index in [1.54, 1.807) is 0 Å². The second kappa shape index (κ2) is 11.2. The van der Waals surface area contributed by atoms with Crippen LogP contribution in [0.4, 0.5) is 0 Å². The predicted octanol–water partition coefficient (Wildman–Crippen LogP) is 2.92. The number of hydrogen-bond acceptors (Lipinski definition) is 5. The first-order valence-electron chi connectivity index (χ1n) is 6.95. The van der Waals surface area contributed by atoms with E-state index in [0.717, 1.165) is 32.1 Å². The monoisotopic (exact) mass is 284 g/mol. The first kappa shape index (κ1) is 18.4. The zero-order chi connectivity index (χ0) is 15.4. The Labute approximate surface area is 120 Å². The molecule has 0 amide bonds. The van der Waals surface area contributed by atoms with Crippen molar-refractivity contribution in [2.24, 2.45) is 0 Å². The lowest BCUT2D eigenvalue weighted by atomic mass is 10.1. The lowest BCUT2D eigenvalue weighted by molar-refractivity contribution is -0.161. The normalized spacial score (nSPS) is 11.5. The maximum absolute atomic E-state index is 11.4. The van der Waals surface area contributed by atoms with Gasteiger partial charge in [-0.25, -0.2) is 0 Å². The molecule has 0 saturated carbocycles. The SMILES string of the molecule is C=CCCCCCCC(CC(=O)OC(C)=O)OC(C)=O. The quantitative estimate of drug-likeness (QED) is 0.267. The summed E-state index contributed by atoms with van der Waals surface area (Å²) in [7, 11) is 0. The van der Waals surface area contributed by atoms with Gasteiger partial charge in [-0.2, -0.15) is 0 Å². The van der Waals surface area contributed by atoms with Crippen LogP contribution in [0, 0.1) is 0 Å². The number of ether oxygens (including phenoxy) is 2. The highest BCUT2D eigenvalue weighted by atomic mass is 16.6. The van der Waals surface area contributed by atoms with E-state index in [-0.39, 0.29) is 6.42 Å². The smallest absolute Gasteiger partial charge is 0.317 e. The Hall–Kier alpha value is -1.65. The summed E-state index contributed by atoms with van der Waals surface area (Å²) < 4.78 is 9.50. The molecule has 0 heterocycles. The van der Waals surface area contributed by atoms with Gasteiger partial charge in [-0.1, -0.05) is 18.9 Å². The Balaban J connectivity index is 4.01. The molecule has 1 atom stereocenters. The van der Waals surface area contributed by atoms with E-state index in [9.17, 15) is 14.4 Å². The van der Waals surface area contributed by atoms with Crippen LogP contribution >= 0.6 is 0 Å². The van der Waals surface area contributed by atoms with Crippen LogP contribution in [0.15, 0.2) is 12.7 Å². The third-order valence-corrected chi connectivity index (χ3v) is 2.67. The molecule has 114 valence electrons. The Morgan fingerprint density at radius 2 is 1.70 bits per heavy atom. The van der Waals surface area contributed by atoms with Crippen LogP contribution in [-0.2, 0) is 23.9 Å². The molecule has 0 fully saturated rings. The van der Waals surface area contributed by atoms with Crippen molar-refractivity contribution in [1.29, 1.82) is 0 Å². The van der Waals surface area contributed by atoms with E-state index < -0.39 is 24.0 Å². The van der Waals surface area contributed by atoms with Crippen LogP contribution in [0.25, 0.3) is 0 Å². The second-order valence-electron chi connectivity index (χ2n) is 4.68.